The minimum Gasteiger partial charge on any atom is -0.492 e. The van der Waals surface area contributed by atoms with Crippen molar-refractivity contribution in [3.63, 3.8) is 0 Å². The van der Waals surface area contributed by atoms with Gasteiger partial charge in [-0.15, -0.1) is 0 Å². The Kier molecular flexibility index (Phi) is 6.26. The first-order valence-corrected chi connectivity index (χ1v) is 12.2. The molecule has 1 heterocycles. The van der Waals surface area contributed by atoms with Gasteiger partial charge < -0.3 is 4.74 Å². The zero-order chi connectivity index (χ0) is 20.2. The van der Waals surface area contributed by atoms with E-state index in [9.17, 15) is 16.8 Å². The van der Waals surface area contributed by atoms with Crippen LogP contribution in [-0.4, -0.2) is 35.7 Å². The summed E-state index contributed by atoms with van der Waals surface area (Å²) >= 11 is 0. The lowest BCUT2D eigenvalue weighted by molar-refractivity contribution is 0.331. The fourth-order valence-corrected chi connectivity index (χ4v) is 5.88. The van der Waals surface area contributed by atoms with E-state index in [4.69, 9.17) is 4.74 Å². The van der Waals surface area contributed by atoms with Crippen molar-refractivity contribution in [3.8, 4) is 5.75 Å². The van der Waals surface area contributed by atoms with E-state index < -0.39 is 20.0 Å². The number of ether oxygens (including phenoxy) is 1. The lowest BCUT2D eigenvalue weighted by Crippen LogP contribution is -2.38. The Bertz CT molecular complexity index is 1020. The molecule has 0 aliphatic carbocycles. The third-order valence-electron chi connectivity index (χ3n) is 4.46. The molecule has 0 spiro atoms. The van der Waals surface area contributed by atoms with Gasteiger partial charge >= 0.3 is 0 Å². The number of hydrogen-bond donors (Lipinski definition) is 1. The van der Waals surface area contributed by atoms with Gasteiger partial charge in [0.1, 0.15) is 10.6 Å². The van der Waals surface area contributed by atoms with Gasteiger partial charge in [-0.3, -0.25) is 4.31 Å². The predicted molar refractivity (Wildman–Crippen MR) is 108 cm³/mol. The minimum atomic E-state index is -3.91. The maximum atomic E-state index is 12.9. The van der Waals surface area contributed by atoms with E-state index in [2.05, 4.69) is 4.72 Å². The fourth-order valence-electron chi connectivity index (χ4n) is 3.07. The first kappa shape index (κ1) is 20.6. The van der Waals surface area contributed by atoms with Gasteiger partial charge in [-0.25, -0.2) is 21.6 Å². The van der Waals surface area contributed by atoms with Crippen LogP contribution < -0.4 is 13.8 Å². The number of benzene rings is 2. The third kappa shape index (κ3) is 4.65. The van der Waals surface area contributed by atoms with Crippen LogP contribution in [0.25, 0.3) is 0 Å². The molecule has 0 saturated carbocycles. The van der Waals surface area contributed by atoms with Crippen LogP contribution in [-0.2, 0) is 26.6 Å². The molecule has 1 fully saturated rings. The van der Waals surface area contributed by atoms with Gasteiger partial charge in [0.05, 0.1) is 18.0 Å². The van der Waals surface area contributed by atoms with Gasteiger partial charge in [-0.05, 0) is 43.5 Å². The lowest BCUT2D eigenvalue weighted by Gasteiger charge is -2.28. The van der Waals surface area contributed by atoms with Crippen molar-refractivity contribution in [1.29, 1.82) is 0 Å². The Balaban J connectivity index is 1.95. The van der Waals surface area contributed by atoms with Gasteiger partial charge in [0.2, 0.25) is 20.0 Å². The summed E-state index contributed by atoms with van der Waals surface area (Å²) in [5.74, 6) is 0.260. The number of hydrogen-bond acceptors (Lipinski definition) is 5. The summed E-state index contributed by atoms with van der Waals surface area (Å²) in [5, 5.41) is 0. The molecule has 7 nitrogen and oxygen atoms in total. The van der Waals surface area contributed by atoms with E-state index in [1.807, 2.05) is 30.3 Å². The summed E-state index contributed by atoms with van der Waals surface area (Å²) in [7, 11) is -7.35. The van der Waals surface area contributed by atoms with Crippen molar-refractivity contribution in [3.05, 3.63) is 54.1 Å². The van der Waals surface area contributed by atoms with Crippen molar-refractivity contribution in [2.45, 2.75) is 31.2 Å². The molecular formula is C19H24N2O5S2. The summed E-state index contributed by atoms with van der Waals surface area (Å²) in [6, 6.07) is 13.6. The van der Waals surface area contributed by atoms with Gasteiger partial charge in [-0.1, -0.05) is 30.3 Å². The molecule has 2 aromatic carbocycles. The van der Waals surface area contributed by atoms with Crippen LogP contribution in [0.15, 0.2) is 53.4 Å². The monoisotopic (exact) mass is 424 g/mol. The molecule has 0 aromatic heterocycles. The molecule has 152 valence electrons. The van der Waals surface area contributed by atoms with Crippen LogP contribution in [0, 0.1) is 0 Å². The quantitative estimate of drug-likeness (QED) is 0.737. The molecule has 0 bridgehead atoms. The summed E-state index contributed by atoms with van der Waals surface area (Å²) in [5.41, 5.74) is 1.15. The first-order chi connectivity index (χ1) is 13.3. The van der Waals surface area contributed by atoms with Gasteiger partial charge in [0.25, 0.3) is 0 Å². The number of nitrogens with zero attached hydrogens (tertiary/aromatic N) is 1. The van der Waals surface area contributed by atoms with Gasteiger partial charge in [0.15, 0.2) is 0 Å². The predicted octanol–water partition coefficient (Wildman–Crippen LogP) is 2.49. The maximum absolute atomic E-state index is 12.9. The van der Waals surface area contributed by atoms with E-state index in [0.29, 0.717) is 25.3 Å². The van der Waals surface area contributed by atoms with E-state index in [0.717, 1.165) is 12.0 Å². The zero-order valence-electron chi connectivity index (χ0n) is 15.7. The number of sulfonamides is 2. The molecule has 1 N–H and O–H groups in total. The minimum absolute atomic E-state index is 0.0640. The average molecular weight is 425 g/mol. The molecule has 0 atom stereocenters. The Morgan fingerprint density at radius 2 is 1.86 bits per heavy atom. The fraction of sp³-hybridized carbons (Fsp3) is 0.368. The molecule has 1 aliphatic rings. The summed E-state index contributed by atoms with van der Waals surface area (Å²) < 4.78 is 60.0. The molecule has 0 unspecified atom stereocenters. The van der Waals surface area contributed by atoms with Crippen LogP contribution in [0.1, 0.15) is 25.3 Å². The number of anilines is 1. The second kappa shape index (κ2) is 8.50. The Morgan fingerprint density at radius 3 is 2.54 bits per heavy atom. The van der Waals surface area contributed by atoms with Crippen molar-refractivity contribution in [2.24, 2.45) is 0 Å². The topological polar surface area (TPSA) is 92.8 Å². The van der Waals surface area contributed by atoms with Crippen molar-refractivity contribution in [2.75, 3.05) is 23.2 Å². The normalized spacial score (nSPS) is 16.7. The smallest absolute Gasteiger partial charge is 0.244 e. The van der Waals surface area contributed by atoms with Crippen LogP contribution >= 0.6 is 0 Å². The van der Waals surface area contributed by atoms with Crippen LogP contribution in [0.5, 0.6) is 5.75 Å². The Hall–Kier alpha value is -2.10. The average Bonchev–Trinajstić information content (AvgIpc) is 2.68. The molecule has 1 aliphatic heterocycles. The standard InChI is InChI=1S/C19H24N2O5S2/c1-2-26-18-11-10-17(21-12-6-7-13-27(21,22)23)14-19(18)28(24,25)20-15-16-8-4-3-5-9-16/h3-5,8-11,14,20H,2,6-7,12-13,15H2,1H3. The Labute approximate surface area is 166 Å². The van der Waals surface area contributed by atoms with E-state index >= 15 is 0 Å². The van der Waals surface area contributed by atoms with E-state index in [1.54, 1.807) is 13.0 Å². The van der Waals surface area contributed by atoms with Gasteiger partial charge in [0, 0.05) is 13.1 Å². The SMILES string of the molecule is CCOc1ccc(N2CCCCS2(=O)=O)cc1S(=O)(=O)NCc1ccccc1. The number of rotatable bonds is 7. The van der Waals surface area contributed by atoms with E-state index in [-0.39, 0.29) is 22.9 Å². The highest BCUT2D eigenvalue weighted by Gasteiger charge is 2.28. The van der Waals surface area contributed by atoms with Crippen LogP contribution in [0.4, 0.5) is 5.69 Å². The van der Waals surface area contributed by atoms with Crippen LogP contribution in [0.2, 0.25) is 0 Å². The third-order valence-corrected chi connectivity index (χ3v) is 7.76. The van der Waals surface area contributed by atoms with Crippen molar-refractivity contribution in [1.82, 2.24) is 4.72 Å². The zero-order valence-corrected chi connectivity index (χ0v) is 17.3. The highest BCUT2D eigenvalue weighted by Crippen LogP contribution is 2.32. The lowest BCUT2D eigenvalue weighted by atomic mass is 10.2. The molecule has 9 heteroatoms. The van der Waals surface area contributed by atoms with Crippen molar-refractivity contribution >= 4 is 25.7 Å². The van der Waals surface area contributed by atoms with Crippen molar-refractivity contribution < 1.29 is 21.6 Å². The van der Waals surface area contributed by atoms with Crippen LogP contribution in [0.3, 0.4) is 0 Å². The highest BCUT2D eigenvalue weighted by atomic mass is 32.2. The molecule has 1 saturated heterocycles. The second-order valence-corrected chi connectivity index (χ2v) is 10.2. The molecule has 2 aromatic rings. The molecular weight excluding hydrogens is 400 g/mol. The Morgan fingerprint density at radius 1 is 1.11 bits per heavy atom. The summed E-state index contributed by atoms with van der Waals surface area (Å²) in [6.45, 7) is 2.52. The molecule has 28 heavy (non-hydrogen) atoms. The first-order valence-electron chi connectivity index (χ1n) is 9.14. The second-order valence-electron chi connectivity index (χ2n) is 6.47. The molecule has 0 amide bonds. The molecule has 0 radical (unpaired) electrons. The summed E-state index contributed by atoms with van der Waals surface area (Å²) in [6.07, 6.45) is 1.35. The number of nitrogens with one attached hydrogen (secondary N) is 1. The maximum Gasteiger partial charge on any atom is 0.244 e. The largest absolute Gasteiger partial charge is 0.492 e. The van der Waals surface area contributed by atoms with E-state index in [1.165, 1.54) is 16.4 Å². The molecule has 3 rings (SSSR count). The van der Waals surface area contributed by atoms with Gasteiger partial charge in [-0.2, -0.15) is 0 Å². The summed E-state index contributed by atoms with van der Waals surface area (Å²) in [4.78, 5) is -0.0662. The highest BCUT2D eigenvalue weighted by molar-refractivity contribution is 7.92.